The fourth-order valence-electron chi connectivity index (χ4n) is 2.31. The summed E-state index contributed by atoms with van der Waals surface area (Å²) in [4.78, 5) is 13.2. The van der Waals surface area contributed by atoms with Gasteiger partial charge in [-0.3, -0.25) is 0 Å². The monoisotopic (exact) mass is 312 g/mol. The molecule has 1 aliphatic rings. The van der Waals surface area contributed by atoms with Crippen LogP contribution < -0.4 is 4.72 Å². The molecular weight excluding hydrogens is 292 g/mol. The number of rotatable bonds is 3. The van der Waals surface area contributed by atoms with Crippen LogP contribution in [0, 0.1) is 6.92 Å². The van der Waals surface area contributed by atoms with Gasteiger partial charge in [-0.25, -0.2) is 17.9 Å². The molecule has 0 aromatic heterocycles. The topological polar surface area (TPSA) is 75.7 Å². The molecule has 0 atom stereocenters. The van der Waals surface area contributed by atoms with Gasteiger partial charge in [0.1, 0.15) is 0 Å². The lowest BCUT2D eigenvalue weighted by atomic mass is 10.1. The van der Waals surface area contributed by atoms with E-state index >= 15 is 0 Å². The van der Waals surface area contributed by atoms with Crippen molar-refractivity contribution in [3.63, 3.8) is 0 Å². The Balaban J connectivity index is 1.96. The highest BCUT2D eigenvalue weighted by Gasteiger charge is 2.26. The number of amides is 1. The predicted octanol–water partition coefficient (Wildman–Crippen LogP) is 1.50. The van der Waals surface area contributed by atoms with E-state index in [-0.39, 0.29) is 17.0 Å². The third kappa shape index (κ3) is 3.95. The Morgan fingerprint density at radius 3 is 2.33 bits per heavy atom. The number of hydrogen-bond acceptors (Lipinski definition) is 4. The van der Waals surface area contributed by atoms with Crippen LogP contribution in [0.15, 0.2) is 29.2 Å². The number of hydrogen-bond donors (Lipinski definition) is 1. The van der Waals surface area contributed by atoms with E-state index < -0.39 is 10.0 Å². The molecule has 1 N–H and O–H groups in total. The molecular formula is C14H20N2O4S. The van der Waals surface area contributed by atoms with Gasteiger partial charge in [-0.15, -0.1) is 0 Å². The molecule has 0 spiro atoms. The molecule has 1 aromatic carbocycles. The molecule has 21 heavy (non-hydrogen) atoms. The Kier molecular flexibility index (Phi) is 4.84. The van der Waals surface area contributed by atoms with Crippen LogP contribution in [-0.2, 0) is 14.8 Å². The number of aryl methyl sites for hydroxylation is 1. The lowest BCUT2D eigenvalue weighted by molar-refractivity contribution is 0.111. The Labute approximate surface area is 125 Å². The normalized spacial score (nSPS) is 16.8. The number of methoxy groups -OCH3 is 1. The van der Waals surface area contributed by atoms with E-state index in [0.717, 1.165) is 5.56 Å². The zero-order chi connectivity index (χ0) is 15.5. The predicted molar refractivity (Wildman–Crippen MR) is 78.5 cm³/mol. The minimum absolute atomic E-state index is 0.155. The number of sulfonamides is 1. The molecule has 116 valence electrons. The van der Waals surface area contributed by atoms with Crippen LogP contribution in [0.2, 0.25) is 0 Å². The van der Waals surface area contributed by atoms with Crippen molar-refractivity contribution in [2.75, 3.05) is 20.2 Å². The molecule has 0 aliphatic carbocycles. The molecule has 1 heterocycles. The van der Waals surface area contributed by atoms with Crippen LogP contribution in [0.5, 0.6) is 0 Å². The highest BCUT2D eigenvalue weighted by Crippen LogP contribution is 2.16. The summed E-state index contributed by atoms with van der Waals surface area (Å²) in [5.41, 5.74) is 1.01. The van der Waals surface area contributed by atoms with Gasteiger partial charge in [0.2, 0.25) is 10.0 Å². The van der Waals surface area contributed by atoms with E-state index in [1.54, 1.807) is 29.2 Å². The molecule has 6 nitrogen and oxygen atoms in total. The van der Waals surface area contributed by atoms with Crippen LogP contribution in [0.4, 0.5) is 4.79 Å². The standard InChI is InChI=1S/C14H20N2O4S/c1-11-3-5-13(6-4-11)21(18,19)15-12-7-9-16(10-8-12)14(17)20-2/h3-6,12,15H,7-10H2,1-2H3. The van der Waals surface area contributed by atoms with Crippen LogP contribution in [0.3, 0.4) is 0 Å². The summed E-state index contributed by atoms with van der Waals surface area (Å²) < 4.78 is 31.9. The van der Waals surface area contributed by atoms with Gasteiger partial charge in [0.05, 0.1) is 12.0 Å². The lowest BCUT2D eigenvalue weighted by Crippen LogP contribution is -2.46. The molecule has 0 radical (unpaired) electrons. The van der Waals surface area contributed by atoms with Gasteiger partial charge in [0.25, 0.3) is 0 Å². The second-order valence-electron chi connectivity index (χ2n) is 5.17. The third-order valence-electron chi connectivity index (χ3n) is 3.58. The molecule has 1 aliphatic heterocycles. The van der Waals surface area contributed by atoms with Gasteiger partial charge < -0.3 is 9.64 Å². The zero-order valence-corrected chi connectivity index (χ0v) is 13.0. The summed E-state index contributed by atoms with van der Waals surface area (Å²) in [6.07, 6.45) is 0.801. The third-order valence-corrected chi connectivity index (χ3v) is 5.12. The van der Waals surface area contributed by atoms with E-state index in [1.165, 1.54) is 7.11 Å². The molecule has 0 saturated carbocycles. The number of likely N-dealkylation sites (tertiary alicyclic amines) is 1. The highest BCUT2D eigenvalue weighted by molar-refractivity contribution is 7.89. The van der Waals surface area contributed by atoms with E-state index in [0.29, 0.717) is 25.9 Å². The smallest absolute Gasteiger partial charge is 0.409 e. The Morgan fingerprint density at radius 1 is 1.24 bits per heavy atom. The van der Waals surface area contributed by atoms with Crippen molar-refractivity contribution in [2.24, 2.45) is 0 Å². The summed E-state index contributed by atoms with van der Waals surface area (Å²) in [6, 6.07) is 6.59. The fourth-order valence-corrected chi connectivity index (χ4v) is 3.62. The number of carbonyl (C=O) groups excluding carboxylic acids is 1. The van der Waals surface area contributed by atoms with Gasteiger partial charge in [-0.2, -0.15) is 0 Å². The second-order valence-corrected chi connectivity index (χ2v) is 6.88. The average molecular weight is 312 g/mol. The molecule has 2 rings (SSSR count). The van der Waals surface area contributed by atoms with Gasteiger partial charge in [-0.05, 0) is 31.9 Å². The van der Waals surface area contributed by atoms with E-state index in [2.05, 4.69) is 9.46 Å². The van der Waals surface area contributed by atoms with E-state index in [4.69, 9.17) is 0 Å². The van der Waals surface area contributed by atoms with Crippen molar-refractivity contribution in [1.29, 1.82) is 0 Å². The van der Waals surface area contributed by atoms with Crippen molar-refractivity contribution in [3.8, 4) is 0 Å². The van der Waals surface area contributed by atoms with Crippen molar-refractivity contribution in [3.05, 3.63) is 29.8 Å². The van der Waals surface area contributed by atoms with Crippen molar-refractivity contribution in [2.45, 2.75) is 30.7 Å². The zero-order valence-electron chi connectivity index (χ0n) is 12.2. The molecule has 1 aromatic rings. The first-order chi connectivity index (χ1) is 9.92. The number of nitrogens with one attached hydrogen (secondary N) is 1. The Bertz CT molecular complexity index is 590. The van der Waals surface area contributed by atoms with E-state index in [1.807, 2.05) is 6.92 Å². The molecule has 1 saturated heterocycles. The largest absolute Gasteiger partial charge is 0.453 e. The number of nitrogens with zero attached hydrogens (tertiary/aromatic N) is 1. The number of ether oxygens (including phenoxy) is 1. The number of benzene rings is 1. The molecule has 7 heteroatoms. The first kappa shape index (κ1) is 15.8. The number of carbonyl (C=O) groups is 1. The van der Waals surface area contributed by atoms with Crippen molar-refractivity contribution < 1.29 is 17.9 Å². The quantitative estimate of drug-likeness (QED) is 0.918. The Hall–Kier alpha value is -1.60. The second kappa shape index (κ2) is 6.44. The fraction of sp³-hybridized carbons (Fsp3) is 0.500. The Morgan fingerprint density at radius 2 is 1.81 bits per heavy atom. The van der Waals surface area contributed by atoms with Gasteiger partial charge >= 0.3 is 6.09 Å². The van der Waals surface area contributed by atoms with Crippen LogP contribution in [0.1, 0.15) is 18.4 Å². The minimum Gasteiger partial charge on any atom is -0.453 e. The first-order valence-corrected chi connectivity index (χ1v) is 8.32. The van der Waals surface area contributed by atoms with Crippen molar-refractivity contribution >= 4 is 16.1 Å². The van der Waals surface area contributed by atoms with E-state index in [9.17, 15) is 13.2 Å². The van der Waals surface area contributed by atoms with Crippen LogP contribution in [0.25, 0.3) is 0 Å². The highest BCUT2D eigenvalue weighted by atomic mass is 32.2. The summed E-state index contributed by atoms with van der Waals surface area (Å²) in [5, 5.41) is 0. The molecule has 1 amide bonds. The average Bonchev–Trinajstić information content (AvgIpc) is 2.47. The SMILES string of the molecule is COC(=O)N1CCC(NS(=O)(=O)c2ccc(C)cc2)CC1. The van der Waals surface area contributed by atoms with Gasteiger partial charge in [0, 0.05) is 19.1 Å². The minimum atomic E-state index is -3.50. The summed E-state index contributed by atoms with van der Waals surface area (Å²) in [5.74, 6) is 0. The molecule has 1 fully saturated rings. The van der Waals surface area contributed by atoms with Crippen LogP contribution in [-0.4, -0.2) is 45.7 Å². The summed E-state index contributed by atoms with van der Waals surface area (Å²) in [7, 11) is -2.16. The van der Waals surface area contributed by atoms with Crippen LogP contribution >= 0.6 is 0 Å². The van der Waals surface area contributed by atoms with Gasteiger partial charge in [-0.1, -0.05) is 17.7 Å². The molecule has 0 bridgehead atoms. The summed E-state index contributed by atoms with van der Waals surface area (Å²) >= 11 is 0. The maximum absolute atomic E-state index is 12.3. The maximum atomic E-state index is 12.3. The lowest BCUT2D eigenvalue weighted by Gasteiger charge is -2.31. The van der Waals surface area contributed by atoms with Crippen molar-refractivity contribution in [1.82, 2.24) is 9.62 Å². The first-order valence-electron chi connectivity index (χ1n) is 6.84. The molecule has 0 unspecified atom stereocenters. The number of piperidine rings is 1. The van der Waals surface area contributed by atoms with Gasteiger partial charge in [0.15, 0.2) is 0 Å². The summed E-state index contributed by atoms with van der Waals surface area (Å²) in [6.45, 7) is 2.90. The maximum Gasteiger partial charge on any atom is 0.409 e.